The van der Waals surface area contributed by atoms with Crippen molar-refractivity contribution in [3.05, 3.63) is 59.7 Å². The minimum Gasteiger partial charge on any atom is -0.393 e. The Kier molecular flexibility index (Phi) is 6.53. The number of aliphatic hydroxyl groups excluding tert-OH is 1. The average molecular weight is 385 g/mol. The number of carbonyl (C=O) groups is 2. The van der Waals surface area contributed by atoms with Gasteiger partial charge >= 0.3 is 0 Å². The minimum absolute atomic E-state index is 0.0380. The first-order valence-electron chi connectivity index (χ1n) is 9.08. The van der Waals surface area contributed by atoms with Crippen molar-refractivity contribution < 1.29 is 14.7 Å². The van der Waals surface area contributed by atoms with Crippen molar-refractivity contribution in [2.45, 2.75) is 30.8 Å². The zero-order valence-electron chi connectivity index (χ0n) is 15.4. The molecule has 0 bridgehead atoms. The van der Waals surface area contributed by atoms with Crippen LogP contribution in [0.25, 0.3) is 0 Å². The molecular weight excluding hydrogens is 360 g/mol. The number of hydrogen-bond acceptors (Lipinski definition) is 4. The zero-order chi connectivity index (χ0) is 19.2. The number of benzene rings is 2. The summed E-state index contributed by atoms with van der Waals surface area (Å²) in [6.45, 7) is 3.12. The van der Waals surface area contributed by atoms with Crippen LogP contribution in [0, 0.1) is 6.92 Å². The molecular formula is C21H24N2O3S. The van der Waals surface area contributed by atoms with Gasteiger partial charge in [-0.2, -0.15) is 0 Å². The molecule has 1 heterocycles. The molecule has 1 aliphatic rings. The molecule has 2 aromatic carbocycles. The van der Waals surface area contributed by atoms with E-state index in [1.807, 2.05) is 49.4 Å². The predicted octanol–water partition coefficient (Wildman–Crippen LogP) is 3.32. The third-order valence-electron chi connectivity index (χ3n) is 4.56. The molecule has 6 heteroatoms. The SMILES string of the molecule is Cc1ccc(NC(=O)CSc2ccccc2C(=O)N2CCC(O)CC2)cc1. The first-order valence-corrected chi connectivity index (χ1v) is 10.1. The molecule has 0 aliphatic carbocycles. The number of thioether (sulfide) groups is 1. The van der Waals surface area contributed by atoms with Gasteiger partial charge in [0.2, 0.25) is 5.91 Å². The van der Waals surface area contributed by atoms with Crippen LogP contribution >= 0.6 is 11.8 Å². The Morgan fingerprint density at radius 1 is 1.11 bits per heavy atom. The fourth-order valence-corrected chi connectivity index (χ4v) is 3.83. The van der Waals surface area contributed by atoms with Crippen molar-refractivity contribution in [1.82, 2.24) is 4.90 Å². The van der Waals surface area contributed by atoms with E-state index in [4.69, 9.17) is 0 Å². The average Bonchev–Trinajstić information content (AvgIpc) is 2.68. The number of rotatable bonds is 5. The third-order valence-corrected chi connectivity index (χ3v) is 5.64. The lowest BCUT2D eigenvalue weighted by molar-refractivity contribution is -0.113. The Labute approximate surface area is 163 Å². The van der Waals surface area contributed by atoms with Crippen LogP contribution in [0.4, 0.5) is 5.69 Å². The molecule has 3 rings (SSSR count). The molecule has 0 aromatic heterocycles. The second-order valence-corrected chi connectivity index (χ2v) is 7.74. The van der Waals surface area contributed by atoms with E-state index < -0.39 is 0 Å². The number of hydrogen-bond donors (Lipinski definition) is 2. The predicted molar refractivity (Wildman–Crippen MR) is 108 cm³/mol. The van der Waals surface area contributed by atoms with Gasteiger partial charge < -0.3 is 15.3 Å². The maximum absolute atomic E-state index is 12.8. The molecule has 2 aromatic rings. The van der Waals surface area contributed by atoms with Crippen LogP contribution in [0.15, 0.2) is 53.4 Å². The maximum Gasteiger partial charge on any atom is 0.254 e. The van der Waals surface area contributed by atoms with Crippen molar-refractivity contribution in [3.8, 4) is 0 Å². The van der Waals surface area contributed by atoms with Gasteiger partial charge in [0.25, 0.3) is 5.91 Å². The molecule has 142 valence electrons. The lowest BCUT2D eigenvalue weighted by atomic mass is 10.1. The highest BCUT2D eigenvalue weighted by atomic mass is 32.2. The summed E-state index contributed by atoms with van der Waals surface area (Å²) in [6, 6.07) is 15.0. The van der Waals surface area contributed by atoms with Crippen molar-refractivity contribution >= 4 is 29.3 Å². The normalized spacial score (nSPS) is 14.8. The lowest BCUT2D eigenvalue weighted by Gasteiger charge is -2.30. The Bertz CT molecular complexity index is 799. The summed E-state index contributed by atoms with van der Waals surface area (Å²) in [6.07, 6.45) is 0.907. The topological polar surface area (TPSA) is 69.6 Å². The first-order chi connectivity index (χ1) is 13.0. The minimum atomic E-state index is -0.316. The third kappa shape index (κ3) is 5.34. The van der Waals surface area contributed by atoms with Crippen molar-refractivity contribution in [1.29, 1.82) is 0 Å². The highest BCUT2D eigenvalue weighted by molar-refractivity contribution is 8.00. The van der Waals surface area contributed by atoms with Crippen molar-refractivity contribution in [3.63, 3.8) is 0 Å². The Hall–Kier alpha value is -2.31. The van der Waals surface area contributed by atoms with Gasteiger partial charge in [0.05, 0.1) is 17.4 Å². The van der Waals surface area contributed by atoms with Gasteiger partial charge in [0.1, 0.15) is 0 Å². The molecule has 0 radical (unpaired) electrons. The van der Waals surface area contributed by atoms with E-state index in [0.29, 0.717) is 31.5 Å². The standard InChI is InChI=1S/C21H24N2O3S/c1-15-6-8-16(9-7-15)22-20(25)14-27-19-5-3-2-4-18(19)21(26)23-12-10-17(24)11-13-23/h2-9,17,24H,10-14H2,1H3,(H,22,25). The van der Waals surface area contributed by atoms with E-state index in [-0.39, 0.29) is 23.7 Å². The summed E-state index contributed by atoms with van der Waals surface area (Å²) in [5, 5.41) is 12.5. The van der Waals surface area contributed by atoms with Crippen LogP contribution in [0.5, 0.6) is 0 Å². The fraction of sp³-hybridized carbons (Fsp3) is 0.333. The maximum atomic E-state index is 12.8. The van der Waals surface area contributed by atoms with E-state index in [2.05, 4.69) is 5.32 Å². The second-order valence-electron chi connectivity index (χ2n) is 6.72. The van der Waals surface area contributed by atoms with Crippen molar-refractivity contribution in [2.24, 2.45) is 0 Å². The van der Waals surface area contributed by atoms with Gasteiger partial charge in [-0.05, 0) is 44.0 Å². The molecule has 27 heavy (non-hydrogen) atoms. The number of likely N-dealkylation sites (tertiary alicyclic amines) is 1. The fourth-order valence-electron chi connectivity index (χ4n) is 2.99. The second kappa shape index (κ2) is 9.06. The Morgan fingerprint density at radius 2 is 1.78 bits per heavy atom. The summed E-state index contributed by atoms with van der Waals surface area (Å²) in [5.74, 6) is 0.0906. The largest absolute Gasteiger partial charge is 0.393 e. The highest BCUT2D eigenvalue weighted by Crippen LogP contribution is 2.25. The van der Waals surface area contributed by atoms with E-state index in [1.165, 1.54) is 11.8 Å². The number of amides is 2. The lowest BCUT2D eigenvalue weighted by Crippen LogP contribution is -2.40. The summed E-state index contributed by atoms with van der Waals surface area (Å²) >= 11 is 1.36. The van der Waals surface area contributed by atoms with Gasteiger partial charge in [0.15, 0.2) is 0 Å². The molecule has 0 spiro atoms. The molecule has 1 aliphatic heterocycles. The molecule has 0 unspecified atom stereocenters. The van der Waals surface area contributed by atoms with Gasteiger partial charge in [-0.25, -0.2) is 0 Å². The molecule has 1 saturated heterocycles. The number of aliphatic hydroxyl groups is 1. The quantitative estimate of drug-likeness (QED) is 0.776. The van der Waals surface area contributed by atoms with Crippen LogP contribution in [-0.4, -0.2) is 46.8 Å². The molecule has 5 nitrogen and oxygen atoms in total. The molecule has 0 atom stereocenters. The molecule has 1 fully saturated rings. The number of aryl methyl sites for hydroxylation is 1. The zero-order valence-corrected chi connectivity index (χ0v) is 16.2. The summed E-state index contributed by atoms with van der Waals surface area (Å²) < 4.78 is 0. The smallest absolute Gasteiger partial charge is 0.254 e. The summed E-state index contributed by atoms with van der Waals surface area (Å²) in [4.78, 5) is 27.6. The van der Waals surface area contributed by atoms with Gasteiger partial charge in [-0.15, -0.1) is 11.8 Å². The number of nitrogens with one attached hydrogen (secondary N) is 1. The monoisotopic (exact) mass is 384 g/mol. The molecule has 2 amide bonds. The van der Waals surface area contributed by atoms with Gasteiger partial charge in [-0.3, -0.25) is 9.59 Å². The Balaban J connectivity index is 1.61. The van der Waals surface area contributed by atoms with Crippen LogP contribution in [0.2, 0.25) is 0 Å². The molecule has 2 N–H and O–H groups in total. The van der Waals surface area contributed by atoms with E-state index in [9.17, 15) is 14.7 Å². The first kappa shape index (κ1) is 19.5. The van der Waals surface area contributed by atoms with E-state index >= 15 is 0 Å². The van der Waals surface area contributed by atoms with Crippen LogP contribution in [-0.2, 0) is 4.79 Å². The van der Waals surface area contributed by atoms with E-state index in [0.717, 1.165) is 16.1 Å². The highest BCUT2D eigenvalue weighted by Gasteiger charge is 2.24. The number of carbonyl (C=O) groups excluding carboxylic acids is 2. The van der Waals surface area contributed by atoms with Crippen molar-refractivity contribution in [2.75, 3.05) is 24.2 Å². The van der Waals surface area contributed by atoms with Gasteiger partial charge in [0, 0.05) is 23.7 Å². The molecule has 0 saturated carbocycles. The van der Waals surface area contributed by atoms with E-state index in [1.54, 1.807) is 11.0 Å². The van der Waals surface area contributed by atoms with Crippen LogP contribution in [0.1, 0.15) is 28.8 Å². The number of piperidine rings is 1. The summed E-state index contributed by atoms with van der Waals surface area (Å²) in [7, 11) is 0. The van der Waals surface area contributed by atoms with Gasteiger partial charge in [-0.1, -0.05) is 29.8 Å². The summed E-state index contributed by atoms with van der Waals surface area (Å²) in [5.41, 5.74) is 2.52. The Morgan fingerprint density at radius 3 is 2.48 bits per heavy atom. The van der Waals surface area contributed by atoms with Crippen LogP contribution < -0.4 is 5.32 Å². The van der Waals surface area contributed by atoms with Crippen LogP contribution in [0.3, 0.4) is 0 Å². The number of nitrogens with zero attached hydrogens (tertiary/aromatic N) is 1. The number of anilines is 1.